The van der Waals surface area contributed by atoms with E-state index in [1.54, 1.807) is 13.8 Å². The molecule has 0 aliphatic carbocycles. The lowest BCUT2D eigenvalue weighted by Crippen LogP contribution is -2.15. The molecule has 0 radical (unpaired) electrons. The van der Waals surface area contributed by atoms with Gasteiger partial charge in [0.15, 0.2) is 5.65 Å². The van der Waals surface area contributed by atoms with Crippen molar-refractivity contribution >= 4 is 11.0 Å². The fourth-order valence-corrected chi connectivity index (χ4v) is 2.86. The van der Waals surface area contributed by atoms with Crippen LogP contribution in [0.4, 0.5) is 17.6 Å². The van der Waals surface area contributed by atoms with Crippen LogP contribution in [0.5, 0.6) is 0 Å². The van der Waals surface area contributed by atoms with Crippen LogP contribution in [0.1, 0.15) is 42.5 Å². The van der Waals surface area contributed by atoms with Gasteiger partial charge in [-0.3, -0.25) is 4.79 Å². The van der Waals surface area contributed by atoms with Crippen LogP contribution in [0.2, 0.25) is 0 Å². The van der Waals surface area contributed by atoms with Crippen molar-refractivity contribution in [1.29, 1.82) is 0 Å². The van der Waals surface area contributed by atoms with Crippen molar-refractivity contribution in [3.8, 4) is 0 Å². The quantitative estimate of drug-likeness (QED) is 0.714. The topological polar surface area (TPSA) is 63.6 Å². The number of H-pyrrole nitrogens is 1. The number of rotatable bonds is 4. The highest BCUT2D eigenvalue weighted by Gasteiger charge is 2.27. The van der Waals surface area contributed by atoms with Gasteiger partial charge < -0.3 is 4.98 Å². The van der Waals surface area contributed by atoms with E-state index in [0.717, 1.165) is 12.1 Å². The van der Waals surface area contributed by atoms with Crippen LogP contribution >= 0.6 is 0 Å². The van der Waals surface area contributed by atoms with Crippen LogP contribution in [-0.2, 0) is 12.6 Å². The van der Waals surface area contributed by atoms with Crippen LogP contribution in [0.15, 0.2) is 23.0 Å². The minimum atomic E-state index is -3.17. The first kappa shape index (κ1) is 18.1. The van der Waals surface area contributed by atoms with E-state index < -0.39 is 35.6 Å². The molecule has 1 aromatic carbocycles. The van der Waals surface area contributed by atoms with Gasteiger partial charge in [-0.15, -0.1) is 0 Å². The predicted octanol–water partition coefficient (Wildman–Crippen LogP) is 3.76. The number of fused-ring (bicyclic) bond motifs is 1. The summed E-state index contributed by atoms with van der Waals surface area (Å²) < 4.78 is 55.6. The normalized spacial score (nSPS) is 13.3. The Labute approximate surface area is 145 Å². The first-order chi connectivity index (χ1) is 12.1. The predicted molar refractivity (Wildman–Crippen MR) is 87.5 cm³/mol. The lowest BCUT2D eigenvalue weighted by atomic mass is 10.0. The van der Waals surface area contributed by atoms with E-state index in [4.69, 9.17) is 0 Å². The SMILES string of the molecule is Cc1nc2c(c(CF)nn2C(C)c2ccc(C(C)(F)F)cc2F)c(=O)[nH]1. The van der Waals surface area contributed by atoms with Crippen LogP contribution in [0, 0.1) is 12.7 Å². The molecule has 9 heteroatoms. The number of aromatic nitrogens is 4. The van der Waals surface area contributed by atoms with Crippen LogP contribution < -0.4 is 5.56 Å². The molecule has 3 rings (SSSR count). The zero-order chi connectivity index (χ0) is 19.2. The third-order valence-corrected chi connectivity index (χ3v) is 4.20. The van der Waals surface area contributed by atoms with Crippen molar-refractivity contribution in [2.24, 2.45) is 0 Å². The zero-order valence-electron chi connectivity index (χ0n) is 14.3. The Morgan fingerprint density at radius 3 is 2.62 bits per heavy atom. The maximum Gasteiger partial charge on any atom is 0.270 e. The van der Waals surface area contributed by atoms with Gasteiger partial charge in [-0.25, -0.2) is 27.2 Å². The molecule has 2 heterocycles. The van der Waals surface area contributed by atoms with E-state index >= 15 is 0 Å². The number of nitrogens with one attached hydrogen (secondary N) is 1. The highest BCUT2D eigenvalue weighted by Crippen LogP contribution is 2.31. The lowest BCUT2D eigenvalue weighted by Gasteiger charge is -2.17. The summed E-state index contributed by atoms with van der Waals surface area (Å²) >= 11 is 0. The second kappa shape index (κ2) is 6.22. The molecular weight excluding hydrogens is 352 g/mol. The van der Waals surface area contributed by atoms with Crippen LogP contribution in [-0.4, -0.2) is 19.7 Å². The molecule has 26 heavy (non-hydrogen) atoms. The summed E-state index contributed by atoms with van der Waals surface area (Å²) in [6.45, 7) is 2.80. The molecule has 5 nitrogen and oxygen atoms in total. The second-order valence-electron chi connectivity index (χ2n) is 6.18. The highest BCUT2D eigenvalue weighted by atomic mass is 19.3. The molecule has 0 aliphatic rings. The second-order valence-corrected chi connectivity index (χ2v) is 6.18. The standard InChI is InChI=1S/C17H16F4N4O/c1-8(11-5-4-10(6-12(11)19)17(3,20)21)25-15-14(13(7-18)24-25)16(26)23-9(2)22-15/h4-6,8H,7H2,1-3H3,(H,22,23,26). The van der Waals surface area contributed by atoms with Gasteiger partial charge in [0.2, 0.25) is 0 Å². The Balaban J connectivity index is 2.17. The molecule has 0 fully saturated rings. The molecule has 0 amide bonds. The summed E-state index contributed by atoms with van der Waals surface area (Å²) in [5, 5.41) is 4.03. The third-order valence-electron chi connectivity index (χ3n) is 4.20. The van der Waals surface area contributed by atoms with E-state index in [-0.39, 0.29) is 22.3 Å². The average Bonchev–Trinajstić information content (AvgIpc) is 2.92. The Morgan fingerprint density at radius 1 is 1.35 bits per heavy atom. The molecule has 1 N–H and O–H groups in total. The summed E-state index contributed by atoms with van der Waals surface area (Å²) in [5.74, 6) is -3.72. The Hall–Kier alpha value is -2.71. The maximum absolute atomic E-state index is 14.4. The van der Waals surface area contributed by atoms with Crippen molar-refractivity contribution < 1.29 is 17.6 Å². The maximum atomic E-state index is 14.4. The molecule has 0 bridgehead atoms. The smallest absolute Gasteiger partial charge is 0.270 e. The zero-order valence-corrected chi connectivity index (χ0v) is 14.3. The summed E-state index contributed by atoms with van der Waals surface area (Å²) in [6, 6.07) is 2.34. The van der Waals surface area contributed by atoms with Gasteiger partial charge in [0, 0.05) is 18.1 Å². The van der Waals surface area contributed by atoms with Crippen LogP contribution in [0.25, 0.3) is 11.0 Å². The molecule has 0 spiro atoms. The number of hydrogen-bond acceptors (Lipinski definition) is 3. The Morgan fingerprint density at radius 2 is 2.04 bits per heavy atom. The largest absolute Gasteiger partial charge is 0.310 e. The van der Waals surface area contributed by atoms with Gasteiger partial charge in [-0.05, 0) is 19.9 Å². The number of nitrogens with zero attached hydrogens (tertiary/aromatic N) is 3. The molecular formula is C17H16F4N4O. The van der Waals surface area contributed by atoms with Gasteiger partial charge in [0.1, 0.15) is 29.4 Å². The Kier molecular flexibility index (Phi) is 4.33. The number of hydrogen-bond donors (Lipinski definition) is 1. The molecule has 1 atom stereocenters. The number of alkyl halides is 3. The van der Waals surface area contributed by atoms with Gasteiger partial charge >= 0.3 is 0 Å². The summed E-state index contributed by atoms with van der Waals surface area (Å²) in [6.07, 6.45) is 0. The molecule has 2 aromatic heterocycles. The minimum absolute atomic E-state index is 0.0120. The molecule has 1 unspecified atom stereocenters. The minimum Gasteiger partial charge on any atom is -0.310 e. The van der Waals surface area contributed by atoms with Crippen molar-refractivity contribution in [1.82, 2.24) is 19.7 Å². The van der Waals surface area contributed by atoms with E-state index in [9.17, 15) is 22.4 Å². The fraction of sp³-hybridized carbons (Fsp3) is 0.353. The van der Waals surface area contributed by atoms with Crippen LogP contribution in [0.3, 0.4) is 0 Å². The lowest BCUT2D eigenvalue weighted by molar-refractivity contribution is 0.0171. The average molecular weight is 368 g/mol. The van der Waals surface area contributed by atoms with Gasteiger partial charge in [-0.1, -0.05) is 12.1 Å². The van der Waals surface area contributed by atoms with Crippen molar-refractivity contribution in [3.63, 3.8) is 0 Å². The molecule has 3 aromatic rings. The molecule has 0 aliphatic heterocycles. The van der Waals surface area contributed by atoms with Crippen molar-refractivity contribution in [2.45, 2.75) is 39.4 Å². The highest BCUT2D eigenvalue weighted by molar-refractivity contribution is 5.77. The van der Waals surface area contributed by atoms with E-state index in [1.165, 1.54) is 10.7 Å². The van der Waals surface area contributed by atoms with E-state index in [1.807, 2.05) is 0 Å². The summed E-state index contributed by atoms with van der Waals surface area (Å²) in [4.78, 5) is 18.7. The number of aryl methyl sites for hydroxylation is 1. The van der Waals surface area contributed by atoms with E-state index in [2.05, 4.69) is 15.1 Å². The van der Waals surface area contributed by atoms with Gasteiger partial charge in [-0.2, -0.15) is 5.10 Å². The van der Waals surface area contributed by atoms with E-state index in [0.29, 0.717) is 12.7 Å². The van der Waals surface area contributed by atoms with Gasteiger partial charge in [0.05, 0.1) is 6.04 Å². The number of benzene rings is 1. The monoisotopic (exact) mass is 368 g/mol. The molecule has 0 saturated heterocycles. The first-order valence-corrected chi connectivity index (χ1v) is 7.85. The molecule has 0 saturated carbocycles. The van der Waals surface area contributed by atoms with Crippen molar-refractivity contribution in [2.75, 3.05) is 0 Å². The summed E-state index contributed by atoms with van der Waals surface area (Å²) in [5.41, 5.74) is -0.924. The van der Waals surface area contributed by atoms with Gasteiger partial charge in [0.25, 0.3) is 11.5 Å². The Bertz CT molecular complexity index is 1040. The summed E-state index contributed by atoms with van der Waals surface area (Å²) in [7, 11) is 0. The fourth-order valence-electron chi connectivity index (χ4n) is 2.86. The first-order valence-electron chi connectivity index (χ1n) is 7.85. The number of halogens is 4. The van der Waals surface area contributed by atoms with Crippen molar-refractivity contribution in [3.05, 3.63) is 57.0 Å². The molecule has 138 valence electrons. The third kappa shape index (κ3) is 2.97. The number of aromatic amines is 1.